The molecule has 0 N–H and O–H groups in total. The van der Waals surface area contributed by atoms with Crippen LogP contribution in [0.1, 0.15) is 18.6 Å². The van der Waals surface area contributed by atoms with E-state index in [0.717, 1.165) is 5.94 Å². The Balaban J connectivity index is 2.48. The van der Waals surface area contributed by atoms with Crippen LogP contribution in [0.15, 0.2) is 30.3 Å². The van der Waals surface area contributed by atoms with Crippen LogP contribution in [-0.2, 0) is 4.74 Å². The molecule has 0 heterocycles. The van der Waals surface area contributed by atoms with Gasteiger partial charge in [-0.3, -0.25) is 0 Å². The van der Waals surface area contributed by atoms with Crippen molar-refractivity contribution in [3.8, 4) is 0 Å². The first kappa shape index (κ1) is 9.62. The second-order valence-electron chi connectivity index (χ2n) is 2.63. The number of thioether (sulfide) groups is 1. The van der Waals surface area contributed by atoms with E-state index in [-0.39, 0.29) is 6.10 Å². The van der Waals surface area contributed by atoms with Gasteiger partial charge in [0.2, 0.25) is 0 Å². The van der Waals surface area contributed by atoms with Gasteiger partial charge in [0.25, 0.3) is 0 Å². The lowest BCUT2D eigenvalue weighted by Gasteiger charge is -2.11. The molecule has 0 amide bonds. The molecule has 0 bridgehead atoms. The second-order valence-corrected chi connectivity index (χ2v) is 3.44. The maximum atomic E-state index is 5.54. The van der Waals surface area contributed by atoms with Crippen LogP contribution in [0.5, 0.6) is 0 Å². The molecule has 0 radical (unpaired) electrons. The van der Waals surface area contributed by atoms with Gasteiger partial charge in [-0.1, -0.05) is 30.3 Å². The number of ether oxygens (including phenoxy) is 1. The lowest BCUT2D eigenvalue weighted by atomic mass is 10.1. The normalized spacial score (nSPS) is 12.8. The predicted octanol–water partition coefficient (Wildman–Crippen LogP) is 3.08. The van der Waals surface area contributed by atoms with Gasteiger partial charge in [0.1, 0.15) is 0 Å². The predicted molar refractivity (Wildman–Crippen MR) is 54.3 cm³/mol. The van der Waals surface area contributed by atoms with E-state index in [4.69, 9.17) is 4.74 Å². The Morgan fingerprint density at radius 3 is 2.58 bits per heavy atom. The van der Waals surface area contributed by atoms with Gasteiger partial charge in [-0.25, -0.2) is 0 Å². The van der Waals surface area contributed by atoms with Crippen LogP contribution in [0.2, 0.25) is 0 Å². The summed E-state index contributed by atoms with van der Waals surface area (Å²) in [6, 6.07) is 10.3. The molecule has 0 aliphatic carbocycles. The number of hydrogen-bond acceptors (Lipinski definition) is 2. The quantitative estimate of drug-likeness (QED) is 0.662. The first-order valence-electron chi connectivity index (χ1n) is 4.00. The van der Waals surface area contributed by atoms with Crippen molar-refractivity contribution in [1.82, 2.24) is 0 Å². The van der Waals surface area contributed by atoms with Crippen molar-refractivity contribution >= 4 is 11.8 Å². The molecule has 0 aliphatic rings. The summed E-state index contributed by atoms with van der Waals surface area (Å²) in [5.74, 6) is 0.760. The minimum absolute atomic E-state index is 0.207. The van der Waals surface area contributed by atoms with Gasteiger partial charge in [-0.15, -0.1) is 11.8 Å². The van der Waals surface area contributed by atoms with Gasteiger partial charge >= 0.3 is 0 Å². The maximum absolute atomic E-state index is 5.54. The largest absolute Gasteiger partial charge is 0.363 e. The van der Waals surface area contributed by atoms with E-state index in [2.05, 4.69) is 19.1 Å². The molecule has 1 atom stereocenters. The van der Waals surface area contributed by atoms with Gasteiger partial charge < -0.3 is 4.74 Å². The van der Waals surface area contributed by atoms with Crippen LogP contribution in [0.25, 0.3) is 0 Å². The smallest absolute Gasteiger partial charge is 0.0926 e. The van der Waals surface area contributed by atoms with Crippen LogP contribution in [0, 0.1) is 0 Å². The highest BCUT2D eigenvalue weighted by molar-refractivity contribution is 7.98. The van der Waals surface area contributed by atoms with E-state index in [1.807, 2.05) is 24.5 Å². The molecule has 1 unspecified atom stereocenters. The van der Waals surface area contributed by atoms with Crippen molar-refractivity contribution in [2.45, 2.75) is 13.0 Å². The molecule has 66 valence electrons. The second kappa shape index (κ2) is 5.22. The molecule has 0 saturated carbocycles. The van der Waals surface area contributed by atoms with Gasteiger partial charge in [-0.05, 0) is 18.7 Å². The lowest BCUT2D eigenvalue weighted by molar-refractivity contribution is 0.106. The highest BCUT2D eigenvalue weighted by atomic mass is 32.2. The van der Waals surface area contributed by atoms with Crippen molar-refractivity contribution in [3.05, 3.63) is 35.9 Å². The Labute approximate surface area is 78.1 Å². The minimum atomic E-state index is 0.207. The monoisotopic (exact) mass is 182 g/mol. The van der Waals surface area contributed by atoms with Crippen LogP contribution < -0.4 is 0 Å². The fourth-order valence-electron chi connectivity index (χ4n) is 0.990. The average molecular weight is 182 g/mol. The van der Waals surface area contributed by atoms with Crippen LogP contribution in [-0.4, -0.2) is 12.2 Å². The topological polar surface area (TPSA) is 9.23 Å². The zero-order chi connectivity index (χ0) is 8.81. The molecule has 2 heteroatoms. The summed E-state index contributed by atoms with van der Waals surface area (Å²) in [6.07, 6.45) is 2.25. The highest BCUT2D eigenvalue weighted by Crippen LogP contribution is 2.16. The zero-order valence-electron chi connectivity index (χ0n) is 7.49. The number of hydrogen-bond donors (Lipinski definition) is 0. The molecule has 0 aliphatic heterocycles. The third-order valence-electron chi connectivity index (χ3n) is 1.70. The van der Waals surface area contributed by atoms with Crippen molar-refractivity contribution in [2.24, 2.45) is 0 Å². The van der Waals surface area contributed by atoms with Crippen LogP contribution in [0.3, 0.4) is 0 Å². The molecule has 0 aromatic heterocycles. The molecule has 1 aromatic rings. The Bertz CT molecular complexity index is 210. The summed E-state index contributed by atoms with van der Waals surface area (Å²) in [5.41, 5.74) is 1.24. The Kier molecular flexibility index (Phi) is 4.19. The summed E-state index contributed by atoms with van der Waals surface area (Å²) in [5, 5.41) is 0. The van der Waals surface area contributed by atoms with E-state index < -0.39 is 0 Å². The molecule has 0 spiro atoms. The molecule has 1 aromatic carbocycles. The first-order chi connectivity index (χ1) is 5.84. The summed E-state index contributed by atoms with van der Waals surface area (Å²) in [4.78, 5) is 0. The van der Waals surface area contributed by atoms with E-state index >= 15 is 0 Å². The molecular weight excluding hydrogens is 168 g/mol. The number of benzene rings is 1. The molecule has 0 saturated heterocycles. The molecule has 1 rings (SSSR count). The summed E-state index contributed by atoms with van der Waals surface area (Å²) in [7, 11) is 0. The zero-order valence-corrected chi connectivity index (χ0v) is 8.30. The fraction of sp³-hybridized carbons (Fsp3) is 0.400. The van der Waals surface area contributed by atoms with Gasteiger partial charge in [0, 0.05) is 0 Å². The van der Waals surface area contributed by atoms with Gasteiger partial charge in [0.05, 0.1) is 12.0 Å². The molecule has 1 nitrogen and oxygen atoms in total. The lowest BCUT2D eigenvalue weighted by Crippen LogP contribution is -1.98. The van der Waals surface area contributed by atoms with Gasteiger partial charge in [0.15, 0.2) is 0 Å². The molecule has 12 heavy (non-hydrogen) atoms. The van der Waals surface area contributed by atoms with E-state index in [1.54, 1.807) is 11.8 Å². The van der Waals surface area contributed by atoms with Crippen molar-refractivity contribution < 1.29 is 4.74 Å². The van der Waals surface area contributed by atoms with Crippen molar-refractivity contribution in [3.63, 3.8) is 0 Å². The third kappa shape index (κ3) is 2.88. The van der Waals surface area contributed by atoms with Gasteiger partial charge in [-0.2, -0.15) is 0 Å². The molecule has 0 fully saturated rings. The summed E-state index contributed by atoms with van der Waals surface area (Å²) in [6.45, 7) is 2.07. The Morgan fingerprint density at radius 1 is 1.33 bits per heavy atom. The highest BCUT2D eigenvalue weighted by Gasteiger charge is 2.02. The SMILES string of the molecule is CSCOC(C)c1ccccc1. The maximum Gasteiger partial charge on any atom is 0.0926 e. The van der Waals surface area contributed by atoms with Crippen molar-refractivity contribution in [1.29, 1.82) is 0 Å². The first-order valence-corrected chi connectivity index (χ1v) is 5.39. The Hall–Kier alpha value is -0.470. The fourth-order valence-corrected chi connectivity index (χ4v) is 1.33. The Morgan fingerprint density at radius 2 is 2.00 bits per heavy atom. The van der Waals surface area contributed by atoms with E-state index in [0.29, 0.717) is 0 Å². The average Bonchev–Trinajstić information content (AvgIpc) is 2.15. The summed E-state index contributed by atoms with van der Waals surface area (Å²) < 4.78 is 5.54. The van der Waals surface area contributed by atoms with E-state index in [1.165, 1.54) is 5.56 Å². The number of rotatable bonds is 4. The molecular formula is C10H14OS. The van der Waals surface area contributed by atoms with Crippen LogP contribution in [0.4, 0.5) is 0 Å². The minimum Gasteiger partial charge on any atom is -0.363 e. The standard InChI is InChI=1S/C10H14OS/c1-9(11-8-12-2)10-6-4-3-5-7-10/h3-7,9H,8H2,1-2H3. The third-order valence-corrected chi connectivity index (χ3v) is 2.08. The van der Waals surface area contributed by atoms with Crippen molar-refractivity contribution in [2.75, 3.05) is 12.2 Å². The van der Waals surface area contributed by atoms with E-state index in [9.17, 15) is 0 Å². The van der Waals surface area contributed by atoms with Crippen LogP contribution >= 0.6 is 11.8 Å². The summed E-state index contributed by atoms with van der Waals surface area (Å²) >= 11 is 1.70.